The van der Waals surface area contributed by atoms with E-state index in [0.29, 0.717) is 0 Å². The molecular weight excluding hydrogens is 212 g/mol. The molecule has 0 radical (unpaired) electrons. The lowest BCUT2D eigenvalue weighted by Gasteiger charge is -1.97. The van der Waals surface area contributed by atoms with Crippen LogP contribution in [0, 0.1) is 0 Å². The van der Waals surface area contributed by atoms with Gasteiger partial charge in [0.1, 0.15) is 0 Å². The van der Waals surface area contributed by atoms with Gasteiger partial charge in [-0.15, -0.1) is 11.6 Å². The first-order valence-corrected chi connectivity index (χ1v) is 6.82. The fourth-order valence-corrected chi connectivity index (χ4v) is 2.19. The van der Waals surface area contributed by atoms with Gasteiger partial charge in [-0.2, -0.15) is 0 Å². The third-order valence-corrected chi connectivity index (χ3v) is 3.60. The lowest BCUT2D eigenvalue weighted by atomic mass is 10.2. The molecule has 1 nitrogen and oxygen atoms in total. The summed E-state index contributed by atoms with van der Waals surface area (Å²) in [5.41, 5.74) is 0. The van der Waals surface area contributed by atoms with Gasteiger partial charge in [0.05, 0.1) is 0 Å². The van der Waals surface area contributed by atoms with Crippen molar-refractivity contribution in [2.24, 2.45) is 0 Å². The van der Waals surface area contributed by atoms with Gasteiger partial charge in [-0.3, -0.25) is 4.79 Å². The molecule has 0 heterocycles. The molecule has 0 aromatic carbocycles. The van der Waals surface area contributed by atoms with Gasteiger partial charge in [0.15, 0.2) is 0 Å². The van der Waals surface area contributed by atoms with Crippen molar-refractivity contribution in [3.05, 3.63) is 0 Å². The van der Waals surface area contributed by atoms with Crippen LogP contribution in [0.25, 0.3) is 0 Å². The van der Waals surface area contributed by atoms with E-state index in [1.807, 2.05) is 6.26 Å². The van der Waals surface area contributed by atoms with Crippen LogP contribution in [0.15, 0.2) is 0 Å². The molecule has 0 aliphatic carbocycles. The zero-order valence-electron chi connectivity index (χ0n) is 7.35. The van der Waals surface area contributed by atoms with Crippen LogP contribution in [0.5, 0.6) is 0 Å². The van der Waals surface area contributed by atoms with E-state index in [2.05, 4.69) is 0 Å². The molecule has 0 aliphatic heterocycles. The molecule has 0 unspecified atom stereocenters. The van der Waals surface area contributed by atoms with Gasteiger partial charge in [0.25, 0.3) is 0 Å². The number of halogens is 1. The summed E-state index contributed by atoms with van der Waals surface area (Å²) in [5, 5.41) is 0. The SMILES string of the molecule is CSC(=O)SCCCCCCCl. The maximum atomic E-state index is 10.8. The van der Waals surface area contributed by atoms with Crippen LogP contribution in [0.1, 0.15) is 25.7 Å². The molecule has 0 amide bonds. The summed E-state index contributed by atoms with van der Waals surface area (Å²) in [6, 6.07) is 0. The molecule has 0 aliphatic rings. The fraction of sp³-hybridized carbons (Fsp3) is 0.875. The van der Waals surface area contributed by atoms with Crippen molar-refractivity contribution in [1.82, 2.24) is 0 Å². The van der Waals surface area contributed by atoms with Crippen molar-refractivity contribution in [3.63, 3.8) is 0 Å². The molecule has 72 valence electrons. The third kappa shape index (κ3) is 8.75. The van der Waals surface area contributed by atoms with E-state index in [1.54, 1.807) is 0 Å². The highest BCUT2D eigenvalue weighted by atomic mass is 35.5. The summed E-state index contributed by atoms with van der Waals surface area (Å²) in [4.78, 5) is 10.8. The van der Waals surface area contributed by atoms with Gasteiger partial charge in [-0.25, -0.2) is 0 Å². The number of hydrogen-bond donors (Lipinski definition) is 0. The highest BCUT2D eigenvalue weighted by Crippen LogP contribution is 2.15. The zero-order chi connectivity index (χ0) is 9.23. The molecule has 0 rings (SSSR count). The Morgan fingerprint density at radius 1 is 1.25 bits per heavy atom. The van der Waals surface area contributed by atoms with Crippen molar-refractivity contribution in [1.29, 1.82) is 0 Å². The molecule has 0 saturated carbocycles. The van der Waals surface area contributed by atoms with E-state index in [-0.39, 0.29) is 4.45 Å². The molecule has 0 N–H and O–H groups in total. The Labute approximate surface area is 88.0 Å². The number of alkyl halides is 1. The molecule has 0 aromatic heterocycles. The van der Waals surface area contributed by atoms with Crippen molar-refractivity contribution >= 4 is 39.6 Å². The largest absolute Gasteiger partial charge is 0.274 e. The second-order valence-electron chi connectivity index (χ2n) is 2.41. The number of thioether (sulfide) groups is 2. The van der Waals surface area contributed by atoms with E-state index in [0.717, 1.165) is 24.5 Å². The van der Waals surface area contributed by atoms with E-state index in [4.69, 9.17) is 11.6 Å². The third-order valence-electron chi connectivity index (χ3n) is 1.41. The quantitative estimate of drug-likeness (QED) is 0.504. The van der Waals surface area contributed by atoms with Crippen LogP contribution in [-0.4, -0.2) is 22.3 Å². The Kier molecular flexibility index (Phi) is 10.3. The van der Waals surface area contributed by atoms with Crippen LogP contribution in [0.2, 0.25) is 0 Å². The molecule has 4 heteroatoms. The fourth-order valence-electron chi connectivity index (χ4n) is 0.765. The first-order valence-electron chi connectivity index (χ1n) is 4.08. The minimum absolute atomic E-state index is 0.229. The van der Waals surface area contributed by atoms with Crippen molar-refractivity contribution in [3.8, 4) is 0 Å². The standard InChI is InChI=1S/C8H15ClOS2/c1-11-8(10)12-7-5-3-2-4-6-9/h2-7H2,1H3. The number of rotatable bonds is 6. The summed E-state index contributed by atoms with van der Waals surface area (Å²) in [7, 11) is 0. The average Bonchev–Trinajstić information content (AvgIpc) is 2.10. The highest BCUT2D eigenvalue weighted by Gasteiger charge is 1.98. The van der Waals surface area contributed by atoms with E-state index >= 15 is 0 Å². The molecule has 0 fully saturated rings. The Morgan fingerprint density at radius 2 is 1.92 bits per heavy atom. The van der Waals surface area contributed by atoms with Gasteiger partial charge in [-0.05, 0) is 19.1 Å². The molecule has 12 heavy (non-hydrogen) atoms. The molecule has 0 saturated heterocycles. The molecule has 0 aromatic rings. The van der Waals surface area contributed by atoms with Crippen LogP contribution in [0.3, 0.4) is 0 Å². The lowest BCUT2D eigenvalue weighted by Crippen LogP contribution is -1.85. The number of carbonyl (C=O) groups excluding carboxylic acids is 1. The summed E-state index contributed by atoms with van der Waals surface area (Å²) >= 11 is 8.25. The second kappa shape index (κ2) is 9.75. The first kappa shape index (κ1) is 12.7. The van der Waals surface area contributed by atoms with Crippen molar-refractivity contribution in [2.45, 2.75) is 25.7 Å². The molecule has 0 spiro atoms. The number of hydrogen-bond acceptors (Lipinski definition) is 3. The molecule has 0 atom stereocenters. The summed E-state index contributed by atoms with van der Waals surface area (Å²) in [6.45, 7) is 0. The van der Waals surface area contributed by atoms with Gasteiger partial charge in [0.2, 0.25) is 4.45 Å². The van der Waals surface area contributed by atoms with Gasteiger partial charge in [0, 0.05) is 11.6 Å². The van der Waals surface area contributed by atoms with Crippen LogP contribution >= 0.6 is 35.1 Å². The van der Waals surface area contributed by atoms with E-state index in [9.17, 15) is 4.79 Å². The van der Waals surface area contributed by atoms with Crippen molar-refractivity contribution in [2.75, 3.05) is 17.9 Å². The van der Waals surface area contributed by atoms with E-state index in [1.165, 1.54) is 36.4 Å². The Balaban J connectivity index is 2.95. The lowest BCUT2D eigenvalue weighted by molar-refractivity contribution is 0.276. The average molecular weight is 227 g/mol. The monoisotopic (exact) mass is 226 g/mol. The Bertz CT molecular complexity index is 120. The second-order valence-corrected chi connectivity index (χ2v) is 4.89. The zero-order valence-corrected chi connectivity index (χ0v) is 9.73. The maximum Gasteiger partial charge on any atom is 0.245 e. The normalized spacial score (nSPS) is 10.2. The molecular formula is C8H15ClOS2. The van der Waals surface area contributed by atoms with Crippen LogP contribution in [-0.2, 0) is 0 Å². The van der Waals surface area contributed by atoms with E-state index < -0.39 is 0 Å². The minimum Gasteiger partial charge on any atom is -0.274 e. The van der Waals surface area contributed by atoms with Crippen LogP contribution < -0.4 is 0 Å². The maximum absolute atomic E-state index is 10.8. The minimum atomic E-state index is 0.229. The van der Waals surface area contributed by atoms with Gasteiger partial charge in [-0.1, -0.05) is 36.4 Å². The molecule has 0 bridgehead atoms. The first-order chi connectivity index (χ1) is 5.81. The Morgan fingerprint density at radius 3 is 2.50 bits per heavy atom. The Hall–Kier alpha value is 0.660. The topological polar surface area (TPSA) is 17.1 Å². The summed E-state index contributed by atoms with van der Waals surface area (Å²) in [6.07, 6.45) is 6.44. The number of carbonyl (C=O) groups is 1. The van der Waals surface area contributed by atoms with Crippen molar-refractivity contribution < 1.29 is 4.79 Å². The van der Waals surface area contributed by atoms with Gasteiger partial charge >= 0.3 is 0 Å². The predicted octanol–water partition coefficient (Wildman–Crippen LogP) is 4.00. The van der Waals surface area contributed by atoms with Crippen LogP contribution in [0.4, 0.5) is 4.79 Å². The summed E-state index contributed by atoms with van der Waals surface area (Å²) < 4.78 is 0.229. The summed E-state index contributed by atoms with van der Waals surface area (Å²) in [5.74, 6) is 1.72. The smallest absolute Gasteiger partial charge is 0.245 e. The van der Waals surface area contributed by atoms with Gasteiger partial charge < -0.3 is 0 Å². The highest BCUT2D eigenvalue weighted by molar-refractivity contribution is 8.38. The predicted molar refractivity (Wildman–Crippen MR) is 60.6 cm³/mol. The number of unbranched alkanes of at least 4 members (excludes halogenated alkanes) is 3.